The van der Waals surface area contributed by atoms with Gasteiger partial charge in [0.05, 0.1) is 12.2 Å². The molecule has 1 N–H and O–H groups in total. The highest BCUT2D eigenvalue weighted by molar-refractivity contribution is 6.29. The molecule has 6 nitrogen and oxygen atoms in total. The number of nitrogens with zero attached hydrogens (tertiary/aromatic N) is 3. The number of hydrogen-bond donors (Lipinski definition) is 1. The lowest BCUT2D eigenvalue weighted by molar-refractivity contribution is -0.136. The molecule has 1 atom stereocenters. The van der Waals surface area contributed by atoms with Crippen molar-refractivity contribution in [2.75, 3.05) is 0 Å². The molecule has 2 aromatic heterocycles. The number of rotatable bonds is 3. The van der Waals surface area contributed by atoms with Crippen molar-refractivity contribution in [3.8, 4) is 0 Å². The Balaban J connectivity index is 2.46. The van der Waals surface area contributed by atoms with Crippen LogP contribution in [0.1, 0.15) is 5.69 Å². The summed E-state index contributed by atoms with van der Waals surface area (Å²) in [6.45, 7) is 1.70. The van der Waals surface area contributed by atoms with Gasteiger partial charge in [0.1, 0.15) is 10.9 Å². The second kappa shape index (κ2) is 4.21. The highest BCUT2D eigenvalue weighted by Crippen LogP contribution is 2.03. The number of carbonyl (C=O) groups is 1. The predicted molar refractivity (Wildman–Crippen MR) is 61.5 cm³/mol. The number of alkyl halides is 1. The van der Waals surface area contributed by atoms with Crippen molar-refractivity contribution in [2.45, 2.75) is 18.8 Å². The monoisotopic (exact) mass is 255 g/mol. The molecule has 0 aromatic carbocycles. The van der Waals surface area contributed by atoms with Crippen LogP contribution in [0.15, 0.2) is 23.3 Å². The lowest BCUT2D eigenvalue weighted by Crippen LogP contribution is -2.28. The van der Waals surface area contributed by atoms with E-state index in [0.717, 1.165) is 5.69 Å². The predicted octanol–water partition coefficient (Wildman–Crippen LogP) is 0.496. The molecule has 0 bridgehead atoms. The second-order valence-electron chi connectivity index (χ2n) is 3.68. The average molecular weight is 256 g/mol. The van der Waals surface area contributed by atoms with Crippen LogP contribution < -0.4 is 5.56 Å². The zero-order chi connectivity index (χ0) is 12.6. The molecule has 0 aliphatic carbocycles. The molecule has 0 saturated carbocycles. The summed E-state index contributed by atoms with van der Waals surface area (Å²) in [5.41, 5.74) is 0.819. The van der Waals surface area contributed by atoms with Crippen molar-refractivity contribution in [2.24, 2.45) is 0 Å². The minimum atomic E-state index is -1.15. The van der Waals surface area contributed by atoms with Crippen molar-refractivity contribution in [3.05, 3.63) is 34.5 Å². The van der Waals surface area contributed by atoms with Crippen LogP contribution in [0, 0.1) is 6.92 Å². The molecule has 0 saturated heterocycles. The van der Waals surface area contributed by atoms with Crippen LogP contribution in [-0.4, -0.2) is 30.6 Å². The molecule has 2 heterocycles. The summed E-state index contributed by atoms with van der Waals surface area (Å²) in [4.78, 5) is 22.6. The number of carboxylic acids is 1. The fourth-order valence-electron chi connectivity index (χ4n) is 1.54. The molecule has 0 fully saturated rings. The highest BCUT2D eigenvalue weighted by Gasteiger charge is 2.15. The SMILES string of the molecule is Cc1cc2c(=O)n(CC(Cl)C(=O)O)ccn2n1. The van der Waals surface area contributed by atoms with E-state index >= 15 is 0 Å². The van der Waals surface area contributed by atoms with Gasteiger partial charge in [-0.3, -0.25) is 9.59 Å². The zero-order valence-corrected chi connectivity index (χ0v) is 9.76. The first-order valence-electron chi connectivity index (χ1n) is 4.91. The molecule has 0 spiro atoms. The Morgan fingerprint density at radius 3 is 2.94 bits per heavy atom. The molecular formula is C10H10ClN3O3. The van der Waals surface area contributed by atoms with E-state index < -0.39 is 11.3 Å². The lowest BCUT2D eigenvalue weighted by atomic mass is 10.4. The summed E-state index contributed by atoms with van der Waals surface area (Å²) in [7, 11) is 0. The quantitative estimate of drug-likeness (QED) is 0.810. The molecule has 0 aliphatic rings. The number of aryl methyl sites for hydroxylation is 1. The Labute approximate surface area is 101 Å². The topological polar surface area (TPSA) is 76.6 Å². The van der Waals surface area contributed by atoms with Crippen molar-refractivity contribution < 1.29 is 9.90 Å². The van der Waals surface area contributed by atoms with E-state index in [1.807, 2.05) is 0 Å². The first-order valence-corrected chi connectivity index (χ1v) is 5.35. The minimum absolute atomic E-state index is 0.0730. The molecule has 0 radical (unpaired) electrons. The fraction of sp³-hybridized carbons (Fsp3) is 0.300. The van der Waals surface area contributed by atoms with Crippen LogP contribution in [0.25, 0.3) is 5.52 Å². The van der Waals surface area contributed by atoms with Gasteiger partial charge in [-0.25, -0.2) is 4.52 Å². The van der Waals surface area contributed by atoms with Crippen molar-refractivity contribution in [3.63, 3.8) is 0 Å². The van der Waals surface area contributed by atoms with Crippen LogP contribution in [0.5, 0.6) is 0 Å². The maximum atomic E-state index is 12.0. The molecule has 17 heavy (non-hydrogen) atoms. The van der Waals surface area contributed by atoms with Crippen LogP contribution >= 0.6 is 11.6 Å². The van der Waals surface area contributed by atoms with Gasteiger partial charge < -0.3 is 9.67 Å². The number of carboxylic acid groups (broad SMARTS) is 1. The van der Waals surface area contributed by atoms with Crippen molar-refractivity contribution in [1.29, 1.82) is 0 Å². The van der Waals surface area contributed by atoms with E-state index in [0.29, 0.717) is 5.52 Å². The maximum Gasteiger partial charge on any atom is 0.323 e. The van der Waals surface area contributed by atoms with Gasteiger partial charge in [-0.05, 0) is 13.0 Å². The Morgan fingerprint density at radius 1 is 1.59 bits per heavy atom. The summed E-state index contributed by atoms with van der Waals surface area (Å²) in [5, 5.41) is 11.6. The van der Waals surface area contributed by atoms with Gasteiger partial charge in [0.2, 0.25) is 0 Å². The summed E-state index contributed by atoms with van der Waals surface area (Å²) in [5.74, 6) is -1.15. The van der Waals surface area contributed by atoms with E-state index in [9.17, 15) is 9.59 Å². The molecular weight excluding hydrogens is 246 g/mol. The number of hydrogen-bond acceptors (Lipinski definition) is 3. The molecule has 2 rings (SSSR count). The van der Waals surface area contributed by atoms with Gasteiger partial charge in [0.25, 0.3) is 5.56 Å². The van der Waals surface area contributed by atoms with E-state index in [4.69, 9.17) is 16.7 Å². The molecule has 1 unspecified atom stereocenters. The average Bonchev–Trinajstić information content (AvgIpc) is 2.63. The van der Waals surface area contributed by atoms with E-state index in [2.05, 4.69) is 5.10 Å². The Morgan fingerprint density at radius 2 is 2.29 bits per heavy atom. The van der Waals surface area contributed by atoms with Crippen LogP contribution in [-0.2, 0) is 11.3 Å². The smallest absolute Gasteiger partial charge is 0.323 e. The molecule has 0 aliphatic heterocycles. The van der Waals surface area contributed by atoms with Crippen LogP contribution in [0.4, 0.5) is 0 Å². The molecule has 7 heteroatoms. The van der Waals surface area contributed by atoms with E-state index in [1.54, 1.807) is 19.2 Å². The van der Waals surface area contributed by atoms with Gasteiger partial charge in [-0.1, -0.05) is 0 Å². The summed E-state index contributed by atoms with van der Waals surface area (Å²) in [6.07, 6.45) is 3.06. The third-order valence-electron chi connectivity index (χ3n) is 2.35. The van der Waals surface area contributed by atoms with Gasteiger partial charge in [-0.15, -0.1) is 11.6 Å². The van der Waals surface area contributed by atoms with Gasteiger partial charge >= 0.3 is 5.97 Å². The number of fused-ring (bicyclic) bond motifs is 1. The Kier molecular flexibility index (Phi) is 2.89. The fourth-order valence-corrected chi connectivity index (χ4v) is 1.69. The van der Waals surface area contributed by atoms with Crippen LogP contribution in [0.3, 0.4) is 0 Å². The number of aromatic nitrogens is 3. The van der Waals surface area contributed by atoms with E-state index in [1.165, 1.54) is 15.3 Å². The second-order valence-corrected chi connectivity index (χ2v) is 4.20. The molecule has 2 aromatic rings. The first-order chi connectivity index (χ1) is 7.99. The largest absolute Gasteiger partial charge is 0.480 e. The normalized spacial score (nSPS) is 12.8. The first kappa shape index (κ1) is 11.7. The van der Waals surface area contributed by atoms with Crippen molar-refractivity contribution >= 4 is 23.1 Å². The number of halogens is 1. The molecule has 90 valence electrons. The Hall–Kier alpha value is -1.82. The third kappa shape index (κ3) is 2.16. The summed E-state index contributed by atoms with van der Waals surface area (Å²) in [6, 6.07) is 1.64. The van der Waals surface area contributed by atoms with Gasteiger partial charge in [0.15, 0.2) is 0 Å². The Bertz CT molecular complexity index is 631. The third-order valence-corrected chi connectivity index (χ3v) is 2.68. The van der Waals surface area contributed by atoms with E-state index in [-0.39, 0.29) is 12.1 Å². The summed E-state index contributed by atoms with van der Waals surface area (Å²) < 4.78 is 2.72. The summed E-state index contributed by atoms with van der Waals surface area (Å²) >= 11 is 5.60. The van der Waals surface area contributed by atoms with Gasteiger partial charge in [0, 0.05) is 12.4 Å². The minimum Gasteiger partial charge on any atom is -0.480 e. The van der Waals surface area contributed by atoms with Crippen molar-refractivity contribution in [1.82, 2.24) is 14.2 Å². The number of aliphatic carboxylic acids is 1. The standard InChI is InChI=1S/C10H10ClN3O3/c1-6-4-8-9(15)13(2-3-14(8)12-6)5-7(11)10(16)17/h2-4,7H,5H2,1H3,(H,16,17). The lowest BCUT2D eigenvalue weighted by Gasteiger charge is -2.07. The zero-order valence-electron chi connectivity index (χ0n) is 9.00. The highest BCUT2D eigenvalue weighted by atomic mass is 35.5. The molecule has 0 amide bonds. The maximum absolute atomic E-state index is 12.0. The van der Waals surface area contributed by atoms with Crippen LogP contribution in [0.2, 0.25) is 0 Å². The van der Waals surface area contributed by atoms with Gasteiger partial charge in [-0.2, -0.15) is 5.10 Å².